The van der Waals surface area contributed by atoms with E-state index in [9.17, 15) is 4.79 Å². The van der Waals surface area contributed by atoms with Gasteiger partial charge in [-0.15, -0.1) is 0 Å². The molecule has 0 radical (unpaired) electrons. The highest BCUT2D eigenvalue weighted by molar-refractivity contribution is 5.81. The van der Waals surface area contributed by atoms with Crippen molar-refractivity contribution >= 4 is 5.97 Å². The van der Waals surface area contributed by atoms with Crippen LogP contribution in [-0.4, -0.2) is 12.6 Å². The SMILES string of the molecule is CCCCCCCCC=CC(=O)OCCCCCCCCCCCCCCCCCCCCCC. The summed E-state index contributed by atoms with van der Waals surface area (Å²) in [6, 6.07) is 0. The molecule has 0 aromatic heterocycles. The zero-order valence-electron chi connectivity index (χ0n) is 24.3. The summed E-state index contributed by atoms with van der Waals surface area (Å²) < 4.78 is 5.31. The Hall–Kier alpha value is -0.790. The van der Waals surface area contributed by atoms with Gasteiger partial charge in [-0.3, -0.25) is 0 Å². The highest BCUT2D eigenvalue weighted by atomic mass is 16.5. The van der Waals surface area contributed by atoms with Gasteiger partial charge in [0.1, 0.15) is 0 Å². The van der Waals surface area contributed by atoms with Crippen molar-refractivity contribution in [2.45, 2.75) is 187 Å². The minimum absolute atomic E-state index is 0.159. The lowest BCUT2D eigenvalue weighted by Gasteiger charge is -2.04. The van der Waals surface area contributed by atoms with E-state index >= 15 is 0 Å². The third kappa shape index (κ3) is 31.2. The lowest BCUT2D eigenvalue weighted by atomic mass is 10.0. The van der Waals surface area contributed by atoms with Gasteiger partial charge in [-0.1, -0.05) is 174 Å². The molecule has 2 nitrogen and oxygen atoms in total. The van der Waals surface area contributed by atoms with Crippen LogP contribution in [0.25, 0.3) is 0 Å². The van der Waals surface area contributed by atoms with E-state index in [-0.39, 0.29) is 5.97 Å². The topological polar surface area (TPSA) is 26.3 Å². The summed E-state index contributed by atoms with van der Waals surface area (Å²) >= 11 is 0. The Labute approximate surface area is 221 Å². The van der Waals surface area contributed by atoms with Crippen LogP contribution in [0.2, 0.25) is 0 Å². The third-order valence-electron chi connectivity index (χ3n) is 7.22. The molecule has 0 atom stereocenters. The van der Waals surface area contributed by atoms with Crippen LogP contribution in [0.3, 0.4) is 0 Å². The summed E-state index contributed by atoms with van der Waals surface area (Å²) in [6.45, 7) is 5.12. The average molecular weight is 493 g/mol. The van der Waals surface area contributed by atoms with E-state index in [0.29, 0.717) is 6.61 Å². The molecular weight excluding hydrogens is 428 g/mol. The quantitative estimate of drug-likeness (QED) is 0.0589. The fourth-order valence-electron chi connectivity index (χ4n) is 4.80. The first-order valence-electron chi connectivity index (χ1n) is 16.1. The normalized spacial score (nSPS) is 11.5. The third-order valence-corrected chi connectivity index (χ3v) is 7.22. The van der Waals surface area contributed by atoms with Crippen molar-refractivity contribution in [3.8, 4) is 0 Å². The highest BCUT2D eigenvalue weighted by Gasteiger charge is 1.98. The second kappa shape index (κ2) is 31.2. The fourth-order valence-corrected chi connectivity index (χ4v) is 4.80. The molecule has 0 fully saturated rings. The summed E-state index contributed by atoms with van der Waals surface area (Å²) in [4.78, 5) is 11.7. The summed E-state index contributed by atoms with van der Waals surface area (Å²) in [7, 11) is 0. The molecule has 35 heavy (non-hydrogen) atoms. The molecule has 0 rings (SSSR count). The van der Waals surface area contributed by atoms with Gasteiger partial charge >= 0.3 is 5.97 Å². The highest BCUT2D eigenvalue weighted by Crippen LogP contribution is 2.15. The maximum absolute atomic E-state index is 11.7. The molecule has 0 aliphatic rings. The number of hydrogen-bond donors (Lipinski definition) is 0. The monoisotopic (exact) mass is 492 g/mol. The van der Waals surface area contributed by atoms with Crippen LogP contribution in [0.1, 0.15) is 187 Å². The minimum Gasteiger partial charge on any atom is -0.463 e. The van der Waals surface area contributed by atoms with Gasteiger partial charge in [0, 0.05) is 6.08 Å². The number of esters is 1. The van der Waals surface area contributed by atoms with E-state index < -0.39 is 0 Å². The molecule has 0 aromatic rings. The van der Waals surface area contributed by atoms with Gasteiger partial charge in [-0.25, -0.2) is 4.79 Å². The Kier molecular flexibility index (Phi) is 30.5. The van der Waals surface area contributed by atoms with Gasteiger partial charge in [0.25, 0.3) is 0 Å². The molecule has 0 spiro atoms. The second-order valence-corrected chi connectivity index (χ2v) is 10.8. The van der Waals surface area contributed by atoms with Crippen molar-refractivity contribution in [3.05, 3.63) is 12.2 Å². The van der Waals surface area contributed by atoms with Crippen molar-refractivity contribution < 1.29 is 9.53 Å². The predicted octanol–water partition coefficient (Wildman–Crippen LogP) is 11.7. The summed E-state index contributed by atoms with van der Waals surface area (Å²) in [6.07, 6.45) is 40.2. The molecule has 0 bridgehead atoms. The maximum Gasteiger partial charge on any atom is 0.330 e. The summed E-state index contributed by atoms with van der Waals surface area (Å²) in [5.74, 6) is -0.159. The molecule has 0 N–H and O–H groups in total. The molecule has 0 aliphatic heterocycles. The lowest BCUT2D eigenvalue weighted by Crippen LogP contribution is -2.02. The maximum atomic E-state index is 11.7. The van der Waals surface area contributed by atoms with Gasteiger partial charge in [0.05, 0.1) is 6.61 Å². The van der Waals surface area contributed by atoms with Crippen LogP contribution >= 0.6 is 0 Å². The Balaban J connectivity index is 3.16. The van der Waals surface area contributed by atoms with Gasteiger partial charge < -0.3 is 4.74 Å². The smallest absolute Gasteiger partial charge is 0.330 e. The van der Waals surface area contributed by atoms with Crippen molar-refractivity contribution in [2.24, 2.45) is 0 Å². The Morgan fingerprint density at radius 2 is 0.771 bits per heavy atom. The number of carbonyl (C=O) groups is 1. The van der Waals surface area contributed by atoms with Crippen molar-refractivity contribution in [2.75, 3.05) is 6.61 Å². The molecule has 0 unspecified atom stereocenters. The molecule has 0 saturated carbocycles. The van der Waals surface area contributed by atoms with Crippen LogP contribution in [0.5, 0.6) is 0 Å². The van der Waals surface area contributed by atoms with Crippen LogP contribution < -0.4 is 0 Å². The number of rotatable bonds is 29. The molecule has 0 aliphatic carbocycles. The van der Waals surface area contributed by atoms with Gasteiger partial charge in [-0.2, -0.15) is 0 Å². The molecular formula is C33H64O2. The first-order valence-corrected chi connectivity index (χ1v) is 16.1. The van der Waals surface area contributed by atoms with Crippen LogP contribution in [0.15, 0.2) is 12.2 Å². The number of unbranched alkanes of at least 4 members (excludes halogenated alkanes) is 25. The number of allylic oxidation sites excluding steroid dienone is 1. The van der Waals surface area contributed by atoms with Gasteiger partial charge in [0.15, 0.2) is 0 Å². The number of hydrogen-bond acceptors (Lipinski definition) is 2. The number of carbonyl (C=O) groups excluding carboxylic acids is 1. The van der Waals surface area contributed by atoms with E-state index in [0.717, 1.165) is 12.8 Å². The first kappa shape index (κ1) is 34.2. The summed E-state index contributed by atoms with van der Waals surface area (Å²) in [5, 5.41) is 0. The molecule has 208 valence electrons. The number of ether oxygens (including phenoxy) is 1. The molecule has 0 aromatic carbocycles. The summed E-state index contributed by atoms with van der Waals surface area (Å²) in [5.41, 5.74) is 0. The van der Waals surface area contributed by atoms with Gasteiger partial charge in [0.2, 0.25) is 0 Å². The Morgan fingerprint density at radius 3 is 1.14 bits per heavy atom. The van der Waals surface area contributed by atoms with Crippen molar-refractivity contribution in [1.29, 1.82) is 0 Å². The lowest BCUT2D eigenvalue weighted by molar-refractivity contribution is -0.137. The average Bonchev–Trinajstić information content (AvgIpc) is 2.86. The fraction of sp³-hybridized carbons (Fsp3) is 0.909. The Morgan fingerprint density at radius 1 is 0.457 bits per heavy atom. The molecule has 0 saturated heterocycles. The van der Waals surface area contributed by atoms with E-state index in [2.05, 4.69) is 13.8 Å². The van der Waals surface area contributed by atoms with Gasteiger partial charge in [-0.05, 0) is 19.3 Å². The Bertz CT molecular complexity index is 429. The minimum atomic E-state index is -0.159. The first-order chi connectivity index (χ1) is 17.3. The van der Waals surface area contributed by atoms with Crippen molar-refractivity contribution in [1.82, 2.24) is 0 Å². The van der Waals surface area contributed by atoms with Crippen molar-refractivity contribution in [3.63, 3.8) is 0 Å². The van der Waals surface area contributed by atoms with Crippen LogP contribution in [0.4, 0.5) is 0 Å². The molecule has 0 heterocycles. The van der Waals surface area contributed by atoms with E-state index in [1.54, 1.807) is 6.08 Å². The zero-order chi connectivity index (χ0) is 25.5. The molecule has 2 heteroatoms. The molecule has 0 amide bonds. The standard InChI is InChI=1S/C33H64O2/c1-3-5-7-9-11-13-14-15-16-17-18-19-20-21-22-23-24-26-28-30-32-35-33(34)31-29-27-25-12-10-8-6-4-2/h29,31H,3-28,30,32H2,1-2H3. The zero-order valence-corrected chi connectivity index (χ0v) is 24.3. The van der Waals surface area contributed by atoms with E-state index in [1.807, 2.05) is 6.08 Å². The second-order valence-electron chi connectivity index (χ2n) is 10.8. The largest absolute Gasteiger partial charge is 0.463 e. The van der Waals surface area contributed by atoms with Crippen LogP contribution in [-0.2, 0) is 9.53 Å². The predicted molar refractivity (Wildman–Crippen MR) is 156 cm³/mol. The van der Waals surface area contributed by atoms with E-state index in [4.69, 9.17) is 4.74 Å². The van der Waals surface area contributed by atoms with E-state index in [1.165, 1.54) is 161 Å². The van der Waals surface area contributed by atoms with Crippen LogP contribution in [0, 0.1) is 0 Å².